The number of hydrogen-bond donors (Lipinski definition) is 0. The molecule has 4 heterocycles. The zero-order valence-electron chi connectivity index (χ0n) is 19.8. The molecular formula is C25H36N4O3. The number of carbonyl (C=O) groups is 1. The third kappa shape index (κ3) is 4.47. The fraction of sp³-hybridized carbons (Fsp3) is 0.600. The molecular weight excluding hydrogens is 404 g/mol. The molecule has 7 nitrogen and oxygen atoms in total. The van der Waals surface area contributed by atoms with Crippen LogP contribution in [0.3, 0.4) is 0 Å². The summed E-state index contributed by atoms with van der Waals surface area (Å²) in [5, 5.41) is 0. The van der Waals surface area contributed by atoms with E-state index in [9.17, 15) is 4.79 Å². The van der Waals surface area contributed by atoms with Crippen LogP contribution in [0.4, 0.5) is 0 Å². The Bertz CT molecular complexity index is 905. The number of hydrogen-bond acceptors (Lipinski definition) is 5. The van der Waals surface area contributed by atoms with Crippen LogP contribution in [0.25, 0.3) is 0 Å². The van der Waals surface area contributed by atoms with E-state index in [1.165, 1.54) is 5.56 Å². The van der Waals surface area contributed by atoms with Crippen molar-refractivity contribution in [2.75, 3.05) is 40.5 Å². The molecule has 2 fully saturated rings. The monoisotopic (exact) mass is 440 g/mol. The van der Waals surface area contributed by atoms with Crippen LogP contribution in [-0.4, -0.2) is 77.9 Å². The number of carbonyl (C=O) groups excluding carboxylic acids is 1. The summed E-state index contributed by atoms with van der Waals surface area (Å²) in [6, 6.07) is 6.90. The van der Waals surface area contributed by atoms with Crippen LogP contribution in [-0.2, 0) is 16.0 Å². The summed E-state index contributed by atoms with van der Waals surface area (Å²) in [7, 11) is 3.51. The highest BCUT2D eigenvalue weighted by molar-refractivity contribution is 5.95. The highest BCUT2D eigenvalue weighted by Gasteiger charge is 2.44. The molecule has 2 aromatic heterocycles. The van der Waals surface area contributed by atoms with E-state index in [0.29, 0.717) is 6.04 Å². The van der Waals surface area contributed by atoms with Crippen LogP contribution in [0, 0.1) is 13.8 Å². The van der Waals surface area contributed by atoms with Gasteiger partial charge in [-0.05, 0) is 50.8 Å². The van der Waals surface area contributed by atoms with Gasteiger partial charge in [0.1, 0.15) is 0 Å². The first-order valence-corrected chi connectivity index (χ1v) is 11.7. The molecule has 174 valence electrons. The summed E-state index contributed by atoms with van der Waals surface area (Å²) in [6.45, 7) is 8.29. The summed E-state index contributed by atoms with van der Waals surface area (Å²) in [4.78, 5) is 22.2. The predicted molar refractivity (Wildman–Crippen MR) is 124 cm³/mol. The maximum atomic E-state index is 13.3. The second kappa shape index (κ2) is 10.1. The molecule has 4 rings (SSSR count). The number of aromatic nitrogens is 2. The van der Waals surface area contributed by atoms with Crippen molar-refractivity contribution >= 4 is 5.91 Å². The molecule has 2 aromatic rings. The van der Waals surface area contributed by atoms with Crippen LogP contribution >= 0.6 is 0 Å². The molecule has 2 saturated heterocycles. The Hall–Kier alpha value is -2.22. The minimum atomic E-state index is 0.164. The Morgan fingerprint density at radius 3 is 2.66 bits per heavy atom. The van der Waals surface area contributed by atoms with Gasteiger partial charge in [-0.3, -0.25) is 14.7 Å². The van der Waals surface area contributed by atoms with E-state index in [4.69, 9.17) is 9.47 Å². The average molecular weight is 441 g/mol. The summed E-state index contributed by atoms with van der Waals surface area (Å²) in [6.07, 6.45) is 6.90. The summed E-state index contributed by atoms with van der Waals surface area (Å²) < 4.78 is 13.1. The second-order valence-electron chi connectivity index (χ2n) is 9.01. The predicted octanol–water partition coefficient (Wildman–Crippen LogP) is 3.21. The number of ether oxygens (including phenoxy) is 2. The van der Waals surface area contributed by atoms with Crippen LogP contribution in [0.1, 0.15) is 52.6 Å². The highest BCUT2D eigenvalue weighted by atomic mass is 16.5. The molecule has 7 heteroatoms. The molecule has 2 aliphatic rings. The first kappa shape index (κ1) is 23.0. The Labute approximate surface area is 191 Å². The van der Waals surface area contributed by atoms with Crippen LogP contribution in [0.5, 0.6) is 0 Å². The van der Waals surface area contributed by atoms with Gasteiger partial charge in [0.25, 0.3) is 5.91 Å². The minimum Gasteiger partial charge on any atom is -0.385 e. The lowest BCUT2D eigenvalue weighted by Gasteiger charge is -2.52. The van der Waals surface area contributed by atoms with Gasteiger partial charge in [0, 0.05) is 76.8 Å². The SMILES string of the molecule is COCCCn1c(C)cc(C(=O)N2CCC(N3C[C@H](OC)[C@@H]3c3cccnc3)CC2)c1C. The van der Waals surface area contributed by atoms with Crippen molar-refractivity contribution in [2.24, 2.45) is 0 Å². The fourth-order valence-electron chi connectivity index (χ4n) is 5.33. The molecule has 0 radical (unpaired) electrons. The molecule has 2 aliphatic heterocycles. The molecule has 0 spiro atoms. The largest absolute Gasteiger partial charge is 0.385 e. The zero-order chi connectivity index (χ0) is 22.7. The van der Waals surface area contributed by atoms with E-state index >= 15 is 0 Å². The van der Waals surface area contributed by atoms with Gasteiger partial charge in [0.05, 0.1) is 17.7 Å². The van der Waals surface area contributed by atoms with E-state index in [1.807, 2.05) is 29.4 Å². The van der Waals surface area contributed by atoms with Crippen molar-refractivity contribution in [3.8, 4) is 0 Å². The number of likely N-dealkylation sites (tertiary alicyclic amines) is 2. The summed E-state index contributed by atoms with van der Waals surface area (Å²) in [5.41, 5.74) is 4.26. The third-order valence-corrected chi connectivity index (χ3v) is 7.18. The lowest BCUT2D eigenvalue weighted by atomic mass is 9.87. The molecule has 0 N–H and O–H groups in total. The minimum absolute atomic E-state index is 0.164. The Morgan fingerprint density at radius 1 is 1.22 bits per heavy atom. The summed E-state index contributed by atoms with van der Waals surface area (Å²) in [5.74, 6) is 0.164. The van der Waals surface area contributed by atoms with Crippen molar-refractivity contribution < 1.29 is 14.3 Å². The number of methoxy groups -OCH3 is 2. The standard InChI is InChI=1S/C25H36N4O3/c1-18-15-22(19(2)28(18)11-6-14-31-3)25(30)27-12-8-21(9-13-27)29-17-23(32-4)24(29)20-7-5-10-26-16-20/h5,7,10,15-16,21,23-24H,6,8-9,11-14,17H2,1-4H3/t23-,24-/m0/s1. The molecule has 1 amide bonds. The van der Waals surface area contributed by atoms with Gasteiger partial charge in [-0.1, -0.05) is 6.07 Å². The highest BCUT2D eigenvalue weighted by Crippen LogP contribution is 2.39. The van der Waals surface area contributed by atoms with Gasteiger partial charge in [-0.15, -0.1) is 0 Å². The zero-order valence-corrected chi connectivity index (χ0v) is 19.8. The fourth-order valence-corrected chi connectivity index (χ4v) is 5.33. The number of piperidine rings is 1. The first-order valence-electron chi connectivity index (χ1n) is 11.7. The van der Waals surface area contributed by atoms with Crippen molar-refractivity contribution in [3.05, 3.63) is 53.1 Å². The van der Waals surface area contributed by atoms with Gasteiger partial charge in [0.15, 0.2) is 0 Å². The number of aryl methyl sites for hydroxylation is 1. The average Bonchev–Trinajstić information content (AvgIpc) is 3.08. The van der Waals surface area contributed by atoms with Crippen LogP contribution in [0.15, 0.2) is 30.6 Å². The molecule has 2 atom stereocenters. The van der Waals surface area contributed by atoms with E-state index in [0.717, 1.165) is 69.0 Å². The molecule has 0 saturated carbocycles. The molecule has 0 aliphatic carbocycles. The van der Waals surface area contributed by atoms with E-state index < -0.39 is 0 Å². The third-order valence-electron chi connectivity index (χ3n) is 7.18. The lowest BCUT2D eigenvalue weighted by molar-refractivity contribution is -0.115. The van der Waals surface area contributed by atoms with Gasteiger partial charge < -0.3 is 18.9 Å². The smallest absolute Gasteiger partial charge is 0.255 e. The molecule has 0 unspecified atom stereocenters. The number of rotatable bonds is 8. The van der Waals surface area contributed by atoms with E-state index in [1.54, 1.807) is 14.2 Å². The topological polar surface area (TPSA) is 59.8 Å². The Kier molecular flexibility index (Phi) is 7.28. The van der Waals surface area contributed by atoms with Crippen molar-refractivity contribution in [3.63, 3.8) is 0 Å². The van der Waals surface area contributed by atoms with Crippen molar-refractivity contribution in [2.45, 2.75) is 57.8 Å². The summed E-state index contributed by atoms with van der Waals surface area (Å²) >= 11 is 0. The van der Waals surface area contributed by atoms with Crippen LogP contribution in [0.2, 0.25) is 0 Å². The maximum absolute atomic E-state index is 13.3. The molecule has 0 aromatic carbocycles. The van der Waals surface area contributed by atoms with Gasteiger partial charge in [0.2, 0.25) is 0 Å². The number of nitrogens with zero attached hydrogens (tertiary/aromatic N) is 4. The molecule has 32 heavy (non-hydrogen) atoms. The van der Waals surface area contributed by atoms with Gasteiger partial charge >= 0.3 is 0 Å². The quantitative estimate of drug-likeness (QED) is 0.590. The van der Waals surface area contributed by atoms with E-state index in [2.05, 4.69) is 34.4 Å². The van der Waals surface area contributed by atoms with E-state index in [-0.39, 0.29) is 18.1 Å². The lowest BCUT2D eigenvalue weighted by Crippen LogP contribution is -2.60. The van der Waals surface area contributed by atoms with Crippen LogP contribution < -0.4 is 0 Å². The number of pyridine rings is 1. The second-order valence-corrected chi connectivity index (χ2v) is 9.01. The number of amides is 1. The van der Waals surface area contributed by atoms with Gasteiger partial charge in [-0.2, -0.15) is 0 Å². The molecule has 0 bridgehead atoms. The maximum Gasteiger partial charge on any atom is 0.255 e. The Morgan fingerprint density at radius 2 is 2.00 bits per heavy atom. The van der Waals surface area contributed by atoms with Gasteiger partial charge in [-0.25, -0.2) is 0 Å². The van der Waals surface area contributed by atoms with Crippen molar-refractivity contribution in [1.29, 1.82) is 0 Å². The Balaban J connectivity index is 1.38. The first-order chi connectivity index (χ1) is 15.5. The van der Waals surface area contributed by atoms with Crippen molar-refractivity contribution in [1.82, 2.24) is 19.4 Å². The normalized spacial score (nSPS) is 22.2.